The fourth-order valence-electron chi connectivity index (χ4n) is 3.07. The number of aromatic nitrogens is 2. The summed E-state index contributed by atoms with van der Waals surface area (Å²) in [6.45, 7) is 6.04. The SMILES string of the molecule is Cc1cccc(C)c1NC(=O)CN(C)[C@@H](C)c1nc2ccccc2c(=O)[nH]1. The molecule has 0 aliphatic rings. The number of carbonyl (C=O) groups excluding carboxylic acids is 1. The smallest absolute Gasteiger partial charge is 0.258 e. The van der Waals surface area contributed by atoms with Crippen molar-refractivity contribution in [2.45, 2.75) is 26.8 Å². The monoisotopic (exact) mass is 364 g/mol. The van der Waals surface area contributed by atoms with Gasteiger partial charge in [0.2, 0.25) is 5.91 Å². The molecule has 1 atom stereocenters. The zero-order valence-corrected chi connectivity index (χ0v) is 16.0. The van der Waals surface area contributed by atoms with Gasteiger partial charge in [0, 0.05) is 5.69 Å². The third kappa shape index (κ3) is 4.06. The van der Waals surface area contributed by atoms with Crippen LogP contribution in [0.2, 0.25) is 0 Å². The number of likely N-dealkylation sites (N-methyl/N-ethyl adjacent to an activating group) is 1. The van der Waals surface area contributed by atoms with Crippen molar-refractivity contribution in [3.05, 3.63) is 69.8 Å². The minimum Gasteiger partial charge on any atom is -0.324 e. The topological polar surface area (TPSA) is 78.1 Å². The summed E-state index contributed by atoms with van der Waals surface area (Å²) < 4.78 is 0. The molecule has 2 aromatic carbocycles. The van der Waals surface area contributed by atoms with Crippen molar-refractivity contribution >= 4 is 22.5 Å². The molecule has 140 valence electrons. The molecule has 3 aromatic rings. The van der Waals surface area contributed by atoms with Gasteiger partial charge in [0.05, 0.1) is 23.5 Å². The highest BCUT2D eigenvalue weighted by Gasteiger charge is 2.18. The van der Waals surface area contributed by atoms with Crippen LogP contribution in [0.25, 0.3) is 10.9 Å². The molecule has 1 aromatic heterocycles. The van der Waals surface area contributed by atoms with Crippen LogP contribution in [-0.4, -0.2) is 34.4 Å². The van der Waals surface area contributed by atoms with Crippen molar-refractivity contribution < 1.29 is 4.79 Å². The minimum absolute atomic E-state index is 0.107. The van der Waals surface area contributed by atoms with E-state index in [1.54, 1.807) is 6.07 Å². The van der Waals surface area contributed by atoms with E-state index in [0.717, 1.165) is 16.8 Å². The number of rotatable bonds is 5. The number of hydrogen-bond acceptors (Lipinski definition) is 4. The molecule has 0 aliphatic heterocycles. The zero-order valence-electron chi connectivity index (χ0n) is 16.0. The first kappa shape index (κ1) is 18.8. The van der Waals surface area contributed by atoms with Crippen LogP contribution in [0.5, 0.6) is 0 Å². The maximum atomic E-state index is 12.5. The predicted molar refractivity (Wildman–Crippen MR) is 108 cm³/mol. The summed E-state index contributed by atoms with van der Waals surface area (Å²) in [5.74, 6) is 0.436. The lowest BCUT2D eigenvalue weighted by Crippen LogP contribution is -2.34. The quantitative estimate of drug-likeness (QED) is 0.729. The molecule has 0 unspecified atom stereocenters. The van der Waals surface area contributed by atoms with Crippen LogP contribution in [0.1, 0.15) is 29.9 Å². The molecule has 3 rings (SSSR count). The maximum absolute atomic E-state index is 12.5. The van der Waals surface area contributed by atoms with E-state index in [2.05, 4.69) is 15.3 Å². The van der Waals surface area contributed by atoms with E-state index >= 15 is 0 Å². The first-order valence-electron chi connectivity index (χ1n) is 8.92. The predicted octanol–water partition coefficient (Wildman–Crippen LogP) is 3.17. The first-order valence-corrected chi connectivity index (χ1v) is 8.92. The summed E-state index contributed by atoms with van der Waals surface area (Å²) in [6.07, 6.45) is 0. The fraction of sp³-hybridized carbons (Fsp3) is 0.286. The number of amides is 1. The van der Waals surface area contributed by atoms with E-state index in [1.165, 1.54) is 0 Å². The van der Waals surface area contributed by atoms with Crippen LogP contribution in [0.15, 0.2) is 47.3 Å². The van der Waals surface area contributed by atoms with Crippen molar-refractivity contribution in [2.75, 3.05) is 18.9 Å². The molecule has 0 saturated carbocycles. The summed E-state index contributed by atoms with van der Waals surface area (Å²) in [7, 11) is 1.84. The highest BCUT2D eigenvalue weighted by atomic mass is 16.2. The number of benzene rings is 2. The molecule has 27 heavy (non-hydrogen) atoms. The standard InChI is InChI=1S/C21H24N4O2/c1-13-8-7-9-14(2)19(13)23-18(26)12-25(4)15(3)20-22-17-11-6-5-10-16(17)21(27)24-20/h5-11,15H,12H2,1-4H3,(H,23,26)(H,22,24,27)/t15-/m0/s1. The van der Waals surface area contributed by atoms with Gasteiger partial charge in [-0.15, -0.1) is 0 Å². The lowest BCUT2D eigenvalue weighted by molar-refractivity contribution is -0.117. The summed E-state index contributed by atoms with van der Waals surface area (Å²) >= 11 is 0. The summed E-state index contributed by atoms with van der Waals surface area (Å²) in [5.41, 5.74) is 3.38. The average molecular weight is 364 g/mol. The van der Waals surface area contributed by atoms with E-state index in [4.69, 9.17) is 0 Å². The molecular formula is C21H24N4O2. The second-order valence-electron chi connectivity index (χ2n) is 6.87. The minimum atomic E-state index is -0.217. The normalized spacial score (nSPS) is 12.3. The molecule has 0 radical (unpaired) electrons. The number of nitrogens with zero attached hydrogens (tertiary/aromatic N) is 2. The Labute approximate surface area is 158 Å². The summed E-state index contributed by atoms with van der Waals surface area (Å²) in [4.78, 5) is 34.0. The van der Waals surface area contributed by atoms with Gasteiger partial charge < -0.3 is 10.3 Å². The van der Waals surface area contributed by atoms with Gasteiger partial charge in [-0.25, -0.2) is 4.98 Å². The van der Waals surface area contributed by atoms with Gasteiger partial charge in [0.1, 0.15) is 5.82 Å². The van der Waals surface area contributed by atoms with Crippen molar-refractivity contribution in [3.8, 4) is 0 Å². The molecule has 0 spiro atoms. The lowest BCUT2D eigenvalue weighted by atomic mass is 10.1. The first-order chi connectivity index (χ1) is 12.9. The van der Waals surface area contributed by atoms with Gasteiger partial charge in [0.25, 0.3) is 5.56 Å². The van der Waals surface area contributed by atoms with Crippen molar-refractivity contribution in [1.29, 1.82) is 0 Å². The van der Waals surface area contributed by atoms with E-state index < -0.39 is 0 Å². The van der Waals surface area contributed by atoms with Crippen molar-refractivity contribution in [2.24, 2.45) is 0 Å². The molecule has 0 aliphatic carbocycles. The lowest BCUT2D eigenvalue weighted by Gasteiger charge is -2.24. The molecule has 6 heteroatoms. The Bertz CT molecular complexity index is 1020. The number of nitrogens with one attached hydrogen (secondary N) is 2. The molecule has 0 saturated heterocycles. The van der Waals surface area contributed by atoms with E-state index in [-0.39, 0.29) is 24.1 Å². The van der Waals surface area contributed by atoms with Crippen LogP contribution < -0.4 is 10.9 Å². The molecule has 2 N–H and O–H groups in total. The van der Waals surface area contributed by atoms with Gasteiger partial charge in [-0.05, 0) is 51.1 Å². The fourth-order valence-corrected chi connectivity index (χ4v) is 3.07. The average Bonchev–Trinajstić information content (AvgIpc) is 2.64. The Morgan fingerprint density at radius 1 is 1.15 bits per heavy atom. The third-order valence-electron chi connectivity index (χ3n) is 4.83. The zero-order chi connectivity index (χ0) is 19.6. The number of fused-ring (bicyclic) bond motifs is 1. The van der Waals surface area contributed by atoms with Crippen LogP contribution >= 0.6 is 0 Å². The van der Waals surface area contributed by atoms with E-state index in [9.17, 15) is 9.59 Å². The number of aromatic amines is 1. The van der Waals surface area contributed by atoms with E-state index in [0.29, 0.717) is 16.7 Å². The second-order valence-corrected chi connectivity index (χ2v) is 6.87. The summed E-state index contributed by atoms with van der Waals surface area (Å²) in [6, 6.07) is 12.9. The van der Waals surface area contributed by atoms with Crippen LogP contribution in [-0.2, 0) is 4.79 Å². The largest absolute Gasteiger partial charge is 0.324 e. The highest BCUT2D eigenvalue weighted by Crippen LogP contribution is 2.20. The van der Waals surface area contributed by atoms with Gasteiger partial charge in [0.15, 0.2) is 0 Å². The van der Waals surface area contributed by atoms with E-state index in [1.807, 2.05) is 69.1 Å². The molecular weight excluding hydrogens is 340 g/mol. The number of carbonyl (C=O) groups is 1. The Hall–Kier alpha value is -2.99. The third-order valence-corrected chi connectivity index (χ3v) is 4.83. The number of para-hydroxylation sites is 2. The number of H-pyrrole nitrogens is 1. The van der Waals surface area contributed by atoms with Crippen molar-refractivity contribution in [1.82, 2.24) is 14.9 Å². The molecule has 1 heterocycles. The highest BCUT2D eigenvalue weighted by molar-refractivity contribution is 5.93. The Morgan fingerprint density at radius 2 is 1.81 bits per heavy atom. The Morgan fingerprint density at radius 3 is 2.52 bits per heavy atom. The molecule has 0 bridgehead atoms. The van der Waals surface area contributed by atoms with Crippen molar-refractivity contribution in [3.63, 3.8) is 0 Å². The summed E-state index contributed by atoms with van der Waals surface area (Å²) in [5, 5.41) is 3.54. The number of aryl methyl sites for hydroxylation is 2. The van der Waals surface area contributed by atoms with Gasteiger partial charge >= 0.3 is 0 Å². The van der Waals surface area contributed by atoms with Crippen LogP contribution in [0, 0.1) is 13.8 Å². The Kier molecular flexibility index (Phi) is 5.37. The Balaban J connectivity index is 1.75. The van der Waals surface area contributed by atoms with Crippen LogP contribution in [0.3, 0.4) is 0 Å². The number of hydrogen-bond donors (Lipinski definition) is 2. The van der Waals surface area contributed by atoms with Gasteiger partial charge in [-0.3, -0.25) is 14.5 Å². The number of anilines is 1. The van der Waals surface area contributed by atoms with Gasteiger partial charge in [-0.1, -0.05) is 30.3 Å². The molecule has 1 amide bonds. The molecule has 0 fully saturated rings. The molecule has 6 nitrogen and oxygen atoms in total. The van der Waals surface area contributed by atoms with Crippen LogP contribution in [0.4, 0.5) is 5.69 Å². The second kappa shape index (κ2) is 7.72. The van der Waals surface area contributed by atoms with Gasteiger partial charge in [-0.2, -0.15) is 0 Å². The maximum Gasteiger partial charge on any atom is 0.258 e.